The number of hydrogen-bond acceptors (Lipinski definition) is 5. The minimum absolute atomic E-state index is 0.0323. The molecule has 8 heteroatoms. The van der Waals surface area contributed by atoms with Gasteiger partial charge in [-0.1, -0.05) is 42.5 Å². The van der Waals surface area contributed by atoms with Crippen LogP contribution in [0.1, 0.15) is 35.2 Å². The number of rotatable bonds is 9. The highest BCUT2D eigenvalue weighted by molar-refractivity contribution is 7.80. The summed E-state index contributed by atoms with van der Waals surface area (Å²) in [6, 6.07) is 16.8. The summed E-state index contributed by atoms with van der Waals surface area (Å²) >= 11 is 5.15. The zero-order valence-corrected chi connectivity index (χ0v) is 18.5. The minimum Gasteiger partial charge on any atom is -0.466 e. The van der Waals surface area contributed by atoms with Crippen molar-refractivity contribution in [3.63, 3.8) is 0 Å². The van der Waals surface area contributed by atoms with Crippen LogP contribution in [-0.4, -0.2) is 48.5 Å². The van der Waals surface area contributed by atoms with Crippen molar-refractivity contribution in [3.05, 3.63) is 65.7 Å². The van der Waals surface area contributed by atoms with E-state index in [1.54, 1.807) is 38.4 Å². The number of carbonyl (C=O) groups excluding carboxylic acids is 3. The second-order valence-electron chi connectivity index (χ2n) is 7.06. The number of amides is 2. The molecule has 2 N–H and O–H groups in total. The maximum absolute atomic E-state index is 12.2. The molecule has 0 aliphatic carbocycles. The molecular formula is C23H27N3O4S. The maximum Gasteiger partial charge on any atom is 0.306 e. The van der Waals surface area contributed by atoms with E-state index in [9.17, 15) is 14.4 Å². The average molecular weight is 442 g/mol. The first kappa shape index (κ1) is 24.0. The molecule has 0 spiro atoms. The number of carbonyl (C=O) groups is 3. The van der Waals surface area contributed by atoms with Crippen LogP contribution in [0.4, 0.5) is 5.69 Å². The molecule has 2 rings (SSSR count). The maximum atomic E-state index is 12.2. The predicted molar refractivity (Wildman–Crippen MR) is 124 cm³/mol. The largest absolute Gasteiger partial charge is 0.466 e. The molecule has 0 heterocycles. The molecule has 0 aliphatic heterocycles. The van der Waals surface area contributed by atoms with Gasteiger partial charge in [0.05, 0.1) is 24.3 Å². The van der Waals surface area contributed by atoms with Crippen molar-refractivity contribution < 1.29 is 19.1 Å². The van der Waals surface area contributed by atoms with Crippen LogP contribution in [0.2, 0.25) is 0 Å². The fourth-order valence-corrected chi connectivity index (χ4v) is 2.98. The molecule has 0 saturated heterocycles. The third-order valence-electron chi connectivity index (χ3n) is 4.34. The van der Waals surface area contributed by atoms with Crippen LogP contribution in [0.3, 0.4) is 0 Å². The molecule has 2 aromatic rings. The molecule has 164 valence electrons. The Morgan fingerprint density at radius 1 is 0.968 bits per heavy atom. The first-order chi connectivity index (χ1) is 14.9. The molecule has 0 aliphatic rings. The SMILES string of the molecule is CN(C)C(=O)c1ccccc1NC(=S)NC(=O)CCC(=O)OCCCc1ccccc1. The summed E-state index contributed by atoms with van der Waals surface area (Å²) in [7, 11) is 3.31. The van der Waals surface area contributed by atoms with Gasteiger partial charge in [-0.25, -0.2) is 0 Å². The summed E-state index contributed by atoms with van der Waals surface area (Å²) < 4.78 is 5.17. The van der Waals surface area contributed by atoms with E-state index in [1.165, 1.54) is 10.5 Å². The Kier molecular flexibility index (Phi) is 9.64. The van der Waals surface area contributed by atoms with Crippen LogP contribution in [-0.2, 0) is 20.7 Å². The number of ether oxygens (including phenoxy) is 1. The number of para-hydroxylation sites is 1. The monoisotopic (exact) mass is 441 g/mol. The van der Waals surface area contributed by atoms with E-state index in [4.69, 9.17) is 17.0 Å². The molecule has 2 aromatic carbocycles. The average Bonchev–Trinajstić information content (AvgIpc) is 2.75. The van der Waals surface area contributed by atoms with Gasteiger partial charge in [-0.05, 0) is 42.8 Å². The van der Waals surface area contributed by atoms with Crippen molar-refractivity contribution in [1.29, 1.82) is 0 Å². The van der Waals surface area contributed by atoms with Crippen LogP contribution in [0.25, 0.3) is 0 Å². The van der Waals surface area contributed by atoms with Crippen molar-refractivity contribution in [2.75, 3.05) is 26.0 Å². The highest BCUT2D eigenvalue weighted by atomic mass is 32.1. The van der Waals surface area contributed by atoms with Crippen LogP contribution >= 0.6 is 12.2 Å². The third kappa shape index (κ3) is 8.55. The molecule has 0 atom stereocenters. The summed E-state index contributed by atoms with van der Waals surface area (Å²) in [5.41, 5.74) is 2.11. The lowest BCUT2D eigenvalue weighted by atomic mass is 10.1. The van der Waals surface area contributed by atoms with Crippen molar-refractivity contribution in [2.24, 2.45) is 0 Å². The van der Waals surface area contributed by atoms with Crippen molar-refractivity contribution >= 4 is 40.8 Å². The van der Waals surface area contributed by atoms with Gasteiger partial charge in [-0.3, -0.25) is 14.4 Å². The van der Waals surface area contributed by atoms with Gasteiger partial charge >= 0.3 is 5.97 Å². The second-order valence-corrected chi connectivity index (χ2v) is 7.47. The summed E-state index contributed by atoms with van der Waals surface area (Å²) in [5.74, 6) is -1.02. The standard InChI is InChI=1S/C23H27N3O4S/c1-26(2)22(29)18-12-6-7-13-19(18)24-23(31)25-20(27)14-15-21(28)30-16-8-11-17-9-4-3-5-10-17/h3-7,9-10,12-13H,8,11,14-16H2,1-2H3,(H2,24,25,27,31). The number of nitrogens with one attached hydrogen (secondary N) is 2. The van der Waals surface area contributed by atoms with Crippen LogP contribution in [0.15, 0.2) is 54.6 Å². The molecule has 0 unspecified atom stereocenters. The van der Waals surface area contributed by atoms with Gasteiger partial charge < -0.3 is 20.3 Å². The zero-order chi connectivity index (χ0) is 22.6. The summed E-state index contributed by atoms with van der Waals surface area (Å²) in [4.78, 5) is 37.6. The van der Waals surface area contributed by atoms with Gasteiger partial charge in [0.2, 0.25) is 5.91 Å². The number of benzene rings is 2. The van der Waals surface area contributed by atoms with Crippen molar-refractivity contribution in [2.45, 2.75) is 25.7 Å². The molecule has 0 fully saturated rings. The first-order valence-electron chi connectivity index (χ1n) is 9.98. The van der Waals surface area contributed by atoms with Crippen molar-refractivity contribution in [3.8, 4) is 0 Å². The van der Waals surface area contributed by atoms with E-state index < -0.39 is 11.9 Å². The van der Waals surface area contributed by atoms with Crippen LogP contribution in [0, 0.1) is 0 Å². The summed E-state index contributed by atoms with van der Waals surface area (Å²) in [6.07, 6.45) is 1.47. The Morgan fingerprint density at radius 2 is 1.65 bits per heavy atom. The van der Waals surface area contributed by atoms with E-state index in [0.717, 1.165) is 12.8 Å². The van der Waals surface area contributed by atoms with E-state index in [1.807, 2.05) is 30.3 Å². The van der Waals surface area contributed by atoms with Gasteiger partial charge in [-0.2, -0.15) is 0 Å². The number of anilines is 1. The van der Waals surface area contributed by atoms with Crippen molar-refractivity contribution in [1.82, 2.24) is 10.2 Å². The number of esters is 1. The number of aryl methyl sites for hydroxylation is 1. The predicted octanol–water partition coefficient (Wildman–Crippen LogP) is 3.16. The zero-order valence-electron chi connectivity index (χ0n) is 17.7. The third-order valence-corrected chi connectivity index (χ3v) is 4.54. The van der Waals surface area contributed by atoms with Gasteiger partial charge in [-0.15, -0.1) is 0 Å². The number of nitrogens with zero attached hydrogens (tertiary/aromatic N) is 1. The van der Waals surface area contributed by atoms with Gasteiger partial charge in [0.1, 0.15) is 0 Å². The molecule has 2 amide bonds. The molecule has 0 bridgehead atoms. The molecule has 0 aromatic heterocycles. The normalized spacial score (nSPS) is 10.1. The first-order valence-corrected chi connectivity index (χ1v) is 10.4. The Morgan fingerprint density at radius 3 is 2.35 bits per heavy atom. The quantitative estimate of drug-likeness (QED) is 0.353. The highest BCUT2D eigenvalue weighted by Gasteiger charge is 2.15. The van der Waals surface area contributed by atoms with Crippen LogP contribution in [0.5, 0.6) is 0 Å². The molecule has 31 heavy (non-hydrogen) atoms. The van der Waals surface area contributed by atoms with E-state index in [0.29, 0.717) is 17.9 Å². The van der Waals surface area contributed by atoms with E-state index >= 15 is 0 Å². The Balaban J connectivity index is 1.69. The fourth-order valence-electron chi connectivity index (χ4n) is 2.76. The summed E-state index contributed by atoms with van der Waals surface area (Å²) in [5, 5.41) is 5.43. The van der Waals surface area contributed by atoms with Gasteiger partial charge in [0.25, 0.3) is 5.91 Å². The lowest BCUT2D eigenvalue weighted by Gasteiger charge is -2.16. The topological polar surface area (TPSA) is 87.7 Å². The Labute approximate surface area is 187 Å². The lowest BCUT2D eigenvalue weighted by Crippen LogP contribution is -2.35. The smallest absolute Gasteiger partial charge is 0.306 e. The number of hydrogen-bond donors (Lipinski definition) is 2. The fraction of sp³-hybridized carbons (Fsp3) is 0.304. The molecular weight excluding hydrogens is 414 g/mol. The molecule has 0 radical (unpaired) electrons. The van der Waals surface area contributed by atoms with Crippen LogP contribution < -0.4 is 10.6 Å². The summed E-state index contributed by atoms with van der Waals surface area (Å²) in [6.45, 7) is 0.312. The minimum atomic E-state index is -0.427. The van der Waals surface area contributed by atoms with E-state index in [-0.39, 0.29) is 23.9 Å². The second kappa shape index (κ2) is 12.4. The van der Waals surface area contributed by atoms with Gasteiger partial charge in [0.15, 0.2) is 5.11 Å². The molecule has 0 saturated carbocycles. The Bertz CT molecular complexity index is 916. The van der Waals surface area contributed by atoms with Gasteiger partial charge in [0, 0.05) is 20.5 Å². The molecule has 7 nitrogen and oxygen atoms in total. The Hall–Kier alpha value is -3.26. The lowest BCUT2D eigenvalue weighted by molar-refractivity contribution is -0.145. The highest BCUT2D eigenvalue weighted by Crippen LogP contribution is 2.16. The van der Waals surface area contributed by atoms with E-state index in [2.05, 4.69) is 10.6 Å². The number of thiocarbonyl (C=S) groups is 1.